The van der Waals surface area contributed by atoms with Crippen molar-refractivity contribution < 1.29 is 9.90 Å². The Morgan fingerprint density at radius 1 is 1.47 bits per heavy atom. The molecule has 0 spiro atoms. The number of hydrogen-bond donors (Lipinski definition) is 2. The number of carbonyl (C=O) groups is 1. The molecule has 3 nitrogen and oxygen atoms in total. The van der Waals surface area contributed by atoms with E-state index >= 15 is 0 Å². The highest BCUT2D eigenvalue weighted by molar-refractivity contribution is 9.10. The van der Waals surface area contributed by atoms with E-state index in [2.05, 4.69) is 21.2 Å². The molecule has 100 valence electrons. The summed E-state index contributed by atoms with van der Waals surface area (Å²) < 4.78 is 0.760. The second-order valence-electron chi connectivity index (χ2n) is 4.22. The minimum absolute atomic E-state index is 0.192. The van der Waals surface area contributed by atoms with Crippen molar-refractivity contribution in [2.24, 2.45) is 0 Å². The van der Waals surface area contributed by atoms with Crippen LogP contribution in [0.5, 0.6) is 0 Å². The number of aryl methyl sites for hydroxylation is 1. The fourth-order valence-electron chi connectivity index (χ4n) is 1.67. The molecule has 2 N–H and O–H groups in total. The van der Waals surface area contributed by atoms with Crippen LogP contribution in [-0.4, -0.2) is 17.6 Å². The number of aliphatic hydroxyl groups is 1. The molecule has 2 rings (SSSR count). The third kappa shape index (κ3) is 3.65. The second kappa shape index (κ2) is 6.32. The van der Waals surface area contributed by atoms with E-state index in [9.17, 15) is 9.90 Å². The lowest BCUT2D eigenvalue weighted by molar-refractivity contribution is 0.0917. The number of hydrogen-bond acceptors (Lipinski definition) is 3. The molecule has 19 heavy (non-hydrogen) atoms. The molecule has 1 amide bonds. The van der Waals surface area contributed by atoms with Crippen molar-refractivity contribution >= 4 is 33.2 Å². The quantitative estimate of drug-likeness (QED) is 0.897. The van der Waals surface area contributed by atoms with Gasteiger partial charge >= 0.3 is 0 Å². The summed E-state index contributed by atoms with van der Waals surface area (Å²) in [5, 5.41) is 14.5. The largest absolute Gasteiger partial charge is 0.386 e. The average Bonchev–Trinajstić information content (AvgIpc) is 2.89. The molecule has 1 aromatic heterocycles. The van der Waals surface area contributed by atoms with Gasteiger partial charge in [0, 0.05) is 15.9 Å². The molecular weight excluding hydrogens is 326 g/mol. The molecule has 0 aliphatic heterocycles. The molecular formula is C14H14BrNO2S. The lowest BCUT2D eigenvalue weighted by Crippen LogP contribution is -2.28. The molecule has 1 atom stereocenters. The number of rotatable bonds is 4. The van der Waals surface area contributed by atoms with Gasteiger partial charge in [-0.15, -0.1) is 11.3 Å². The van der Waals surface area contributed by atoms with Gasteiger partial charge in [-0.25, -0.2) is 0 Å². The van der Waals surface area contributed by atoms with E-state index in [4.69, 9.17) is 0 Å². The van der Waals surface area contributed by atoms with Gasteiger partial charge in [0.05, 0.1) is 5.56 Å². The minimum Gasteiger partial charge on any atom is -0.386 e. The van der Waals surface area contributed by atoms with Crippen LogP contribution in [0.1, 0.15) is 26.9 Å². The average molecular weight is 340 g/mol. The maximum absolute atomic E-state index is 12.0. The van der Waals surface area contributed by atoms with Crippen LogP contribution in [0.4, 0.5) is 0 Å². The van der Waals surface area contributed by atoms with E-state index in [1.54, 1.807) is 6.07 Å². The second-order valence-corrected chi connectivity index (χ2v) is 6.06. The van der Waals surface area contributed by atoms with Gasteiger partial charge in [-0.05, 0) is 52.0 Å². The van der Waals surface area contributed by atoms with E-state index in [-0.39, 0.29) is 12.5 Å². The molecule has 0 aliphatic rings. The maximum Gasteiger partial charge on any atom is 0.252 e. The van der Waals surface area contributed by atoms with Crippen molar-refractivity contribution in [1.29, 1.82) is 0 Å². The monoisotopic (exact) mass is 339 g/mol. The third-order valence-corrected chi connectivity index (χ3v) is 4.33. The lowest BCUT2D eigenvalue weighted by Gasteiger charge is -2.11. The van der Waals surface area contributed by atoms with Crippen LogP contribution >= 0.6 is 27.3 Å². The van der Waals surface area contributed by atoms with Crippen LogP contribution in [0, 0.1) is 6.92 Å². The Bertz CT molecular complexity index is 569. The molecule has 0 radical (unpaired) electrons. The fourth-order valence-corrected chi connectivity index (χ4v) is 3.06. The Hall–Kier alpha value is -1.17. The zero-order valence-electron chi connectivity index (χ0n) is 10.4. The molecule has 0 aliphatic carbocycles. The Labute approximate surface area is 124 Å². The first kappa shape index (κ1) is 14.2. The standard InChI is InChI=1S/C14H14BrNO2S/c1-9-4-5-10(11(15)7-9)14(18)16-8-12(17)13-3-2-6-19-13/h2-7,12,17H,8H2,1H3,(H,16,18)/t12-/m0/s1. The van der Waals surface area contributed by atoms with Crippen molar-refractivity contribution in [2.45, 2.75) is 13.0 Å². The zero-order chi connectivity index (χ0) is 13.8. The lowest BCUT2D eigenvalue weighted by atomic mass is 10.1. The van der Waals surface area contributed by atoms with E-state index < -0.39 is 6.10 Å². The van der Waals surface area contributed by atoms with E-state index in [1.165, 1.54) is 11.3 Å². The van der Waals surface area contributed by atoms with Gasteiger partial charge in [0.25, 0.3) is 5.91 Å². The van der Waals surface area contributed by atoms with E-state index in [0.29, 0.717) is 5.56 Å². The Kier molecular flexibility index (Phi) is 4.74. The van der Waals surface area contributed by atoms with Crippen molar-refractivity contribution in [2.75, 3.05) is 6.54 Å². The highest BCUT2D eigenvalue weighted by Crippen LogP contribution is 2.20. The number of carbonyl (C=O) groups excluding carboxylic acids is 1. The third-order valence-electron chi connectivity index (χ3n) is 2.70. The highest BCUT2D eigenvalue weighted by atomic mass is 79.9. The number of halogens is 1. The predicted octanol–water partition coefficient (Wildman–Crippen LogP) is 3.28. The molecule has 0 fully saturated rings. The van der Waals surface area contributed by atoms with Gasteiger partial charge < -0.3 is 10.4 Å². The van der Waals surface area contributed by atoms with Crippen LogP contribution < -0.4 is 5.32 Å². The van der Waals surface area contributed by atoms with Gasteiger partial charge in [0.2, 0.25) is 0 Å². The van der Waals surface area contributed by atoms with Crippen LogP contribution in [0.3, 0.4) is 0 Å². The van der Waals surface area contributed by atoms with Crippen LogP contribution in [0.2, 0.25) is 0 Å². The minimum atomic E-state index is -0.659. The molecule has 5 heteroatoms. The molecule has 1 aromatic carbocycles. The van der Waals surface area contributed by atoms with Crippen molar-refractivity contribution in [3.05, 3.63) is 56.2 Å². The smallest absolute Gasteiger partial charge is 0.252 e. The van der Waals surface area contributed by atoms with Gasteiger partial charge in [0.1, 0.15) is 6.10 Å². The van der Waals surface area contributed by atoms with Gasteiger partial charge in [-0.2, -0.15) is 0 Å². The highest BCUT2D eigenvalue weighted by Gasteiger charge is 2.13. The summed E-state index contributed by atoms with van der Waals surface area (Å²) in [6.07, 6.45) is -0.659. The summed E-state index contributed by atoms with van der Waals surface area (Å²) in [6, 6.07) is 9.27. The zero-order valence-corrected chi connectivity index (χ0v) is 12.8. The Morgan fingerprint density at radius 3 is 2.89 bits per heavy atom. The summed E-state index contributed by atoms with van der Waals surface area (Å²) in [6.45, 7) is 2.17. The maximum atomic E-state index is 12.0. The molecule has 0 saturated carbocycles. The number of amides is 1. The topological polar surface area (TPSA) is 49.3 Å². The molecule has 0 bridgehead atoms. The fraction of sp³-hybridized carbons (Fsp3) is 0.214. The van der Waals surface area contributed by atoms with Crippen molar-refractivity contribution in [1.82, 2.24) is 5.32 Å². The van der Waals surface area contributed by atoms with E-state index in [0.717, 1.165) is 14.9 Å². The van der Waals surface area contributed by atoms with Crippen molar-refractivity contribution in [3.8, 4) is 0 Å². The predicted molar refractivity (Wildman–Crippen MR) is 80.5 cm³/mol. The van der Waals surface area contributed by atoms with Gasteiger partial charge in [0.15, 0.2) is 0 Å². The normalized spacial score (nSPS) is 12.2. The van der Waals surface area contributed by atoms with Crippen LogP contribution in [0.15, 0.2) is 40.2 Å². The summed E-state index contributed by atoms with van der Waals surface area (Å²) in [5.41, 5.74) is 1.66. The van der Waals surface area contributed by atoms with Gasteiger partial charge in [-0.3, -0.25) is 4.79 Å². The summed E-state index contributed by atoms with van der Waals surface area (Å²) >= 11 is 4.85. The summed E-state index contributed by atoms with van der Waals surface area (Å²) in [4.78, 5) is 12.9. The Balaban J connectivity index is 1.98. The first-order valence-electron chi connectivity index (χ1n) is 5.83. The van der Waals surface area contributed by atoms with Crippen LogP contribution in [0.25, 0.3) is 0 Å². The number of aliphatic hydroxyl groups excluding tert-OH is 1. The number of thiophene rings is 1. The van der Waals surface area contributed by atoms with Gasteiger partial charge in [-0.1, -0.05) is 12.1 Å². The molecule has 0 saturated heterocycles. The number of benzene rings is 1. The molecule has 0 unspecified atom stereocenters. The first-order chi connectivity index (χ1) is 9.08. The van der Waals surface area contributed by atoms with Crippen molar-refractivity contribution in [3.63, 3.8) is 0 Å². The molecule has 2 aromatic rings. The van der Waals surface area contributed by atoms with Crippen LogP contribution in [-0.2, 0) is 0 Å². The van der Waals surface area contributed by atoms with E-state index in [1.807, 2.05) is 36.6 Å². The SMILES string of the molecule is Cc1ccc(C(=O)NC[C@H](O)c2cccs2)c(Br)c1. The summed E-state index contributed by atoms with van der Waals surface area (Å²) in [7, 11) is 0. The first-order valence-corrected chi connectivity index (χ1v) is 7.51. The number of nitrogens with one attached hydrogen (secondary N) is 1. The molecule has 1 heterocycles. The Morgan fingerprint density at radius 2 is 2.26 bits per heavy atom. The summed E-state index contributed by atoms with van der Waals surface area (Å²) in [5.74, 6) is -0.192.